The van der Waals surface area contributed by atoms with Crippen molar-refractivity contribution in [3.8, 4) is 0 Å². The number of thiazole rings is 1. The van der Waals surface area contributed by atoms with Crippen LogP contribution in [0, 0.1) is 0 Å². The number of rotatable bonds is 5. The van der Waals surface area contributed by atoms with E-state index in [1.807, 2.05) is 42.5 Å². The summed E-state index contributed by atoms with van der Waals surface area (Å²) in [7, 11) is 0. The van der Waals surface area contributed by atoms with E-state index in [-0.39, 0.29) is 11.7 Å². The molecule has 0 radical (unpaired) electrons. The first-order chi connectivity index (χ1) is 13.8. The topological polar surface area (TPSA) is 57.0 Å². The van der Waals surface area contributed by atoms with Crippen molar-refractivity contribution in [2.75, 3.05) is 6.61 Å². The molecule has 3 heterocycles. The Labute approximate surface area is 170 Å². The summed E-state index contributed by atoms with van der Waals surface area (Å²) in [5.41, 5.74) is 1.77. The van der Waals surface area contributed by atoms with Gasteiger partial charge >= 0.3 is 0 Å². The number of thioether (sulfide) groups is 1. The van der Waals surface area contributed by atoms with Crippen LogP contribution >= 0.6 is 23.1 Å². The van der Waals surface area contributed by atoms with Gasteiger partial charge < -0.3 is 4.74 Å². The molecule has 2 aromatic heterocycles. The Kier molecular flexibility index (Phi) is 4.88. The second-order valence-electron chi connectivity index (χ2n) is 6.83. The number of fused-ring (bicyclic) bond motifs is 2. The van der Waals surface area contributed by atoms with Gasteiger partial charge in [0.1, 0.15) is 5.01 Å². The standard InChI is InChI=1S/C21H19N3O2S2/c25-20-15-7-1-2-8-16(15)23-21(24(20)12-14-6-5-11-26-14)27-13-19-22-17-9-3-4-10-18(17)28-19/h1-4,7-10,14H,5-6,11-13H2. The molecule has 4 aromatic rings. The number of hydrogen-bond donors (Lipinski definition) is 0. The van der Waals surface area contributed by atoms with Gasteiger partial charge in [-0.05, 0) is 37.1 Å². The van der Waals surface area contributed by atoms with Gasteiger partial charge in [-0.2, -0.15) is 0 Å². The molecule has 7 heteroatoms. The maximum atomic E-state index is 13.1. The second-order valence-corrected chi connectivity index (χ2v) is 8.88. The van der Waals surface area contributed by atoms with Crippen LogP contribution in [0.4, 0.5) is 0 Å². The molecule has 0 saturated carbocycles. The van der Waals surface area contributed by atoms with Crippen LogP contribution in [0.3, 0.4) is 0 Å². The summed E-state index contributed by atoms with van der Waals surface area (Å²) in [6.45, 7) is 1.33. The largest absolute Gasteiger partial charge is 0.376 e. The Morgan fingerprint density at radius 3 is 2.75 bits per heavy atom. The molecule has 2 aromatic carbocycles. The molecule has 5 rings (SSSR count). The van der Waals surface area contributed by atoms with Crippen molar-refractivity contribution in [2.24, 2.45) is 0 Å². The first-order valence-electron chi connectivity index (χ1n) is 9.36. The first kappa shape index (κ1) is 17.8. The fourth-order valence-corrected chi connectivity index (χ4v) is 5.49. The molecule has 0 spiro atoms. The van der Waals surface area contributed by atoms with Crippen LogP contribution in [0.5, 0.6) is 0 Å². The van der Waals surface area contributed by atoms with Gasteiger partial charge in [-0.3, -0.25) is 9.36 Å². The summed E-state index contributed by atoms with van der Waals surface area (Å²) in [5, 5.41) is 2.43. The SMILES string of the molecule is O=c1c2ccccc2nc(SCc2nc3ccccc3s2)n1CC1CCCO1. The van der Waals surface area contributed by atoms with Crippen molar-refractivity contribution in [3.05, 3.63) is 63.9 Å². The summed E-state index contributed by atoms with van der Waals surface area (Å²) in [6, 6.07) is 15.7. The summed E-state index contributed by atoms with van der Waals surface area (Å²) in [5.74, 6) is 0.690. The predicted octanol–water partition coefficient (Wildman–Crippen LogP) is 4.48. The molecule has 0 amide bonds. The molecular weight excluding hydrogens is 390 g/mol. The average Bonchev–Trinajstić information content (AvgIpc) is 3.38. The lowest BCUT2D eigenvalue weighted by atomic mass is 10.2. The van der Waals surface area contributed by atoms with Gasteiger partial charge in [-0.1, -0.05) is 36.0 Å². The number of para-hydroxylation sites is 2. The molecule has 28 heavy (non-hydrogen) atoms. The van der Waals surface area contributed by atoms with Crippen LogP contribution in [0.25, 0.3) is 21.1 Å². The van der Waals surface area contributed by atoms with E-state index in [0.29, 0.717) is 17.7 Å². The van der Waals surface area contributed by atoms with E-state index in [1.165, 1.54) is 4.70 Å². The van der Waals surface area contributed by atoms with E-state index in [9.17, 15) is 4.79 Å². The number of nitrogens with zero attached hydrogens (tertiary/aromatic N) is 3. The third-order valence-electron chi connectivity index (χ3n) is 4.90. The minimum absolute atomic E-state index is 0.00731. The van der Waals surface area contributed by atoms with Gasteiger partial charge in [0, 0.05) is 6.61 Å². The van der Waals surface area contributed by atoms with Crippen molar-refractivity contribution in [1.82, 2.24) is 14.5 Å². The van der Waals surface area contributed by atoms with Gasteiger partial charge in [-0.15, -0.1) is 11.3 Å². The third-order valence-corrected chi connectivity index (χ3v) is 7.11. The highest BCUT2D eigenvalue weighted by Crippen LogP contribution is 2.28. The first-order valence-corrected chi connectivity index (χ1v) is 11.2. The van der Waals surface area contributed by atoms with Crippen LogP contribution in [0.15, 0.2) is 58.5 Å². The Morgan fingerprint density at radius 1 is 1.11 bits per heavy atom. The van der Waals surface area contributed by atoms with E-state index >= 15 is 0 Å². The molecule has 142 valence electrons. The van der Waals surface area contributed by atoms with Crippen molar-refractivity contribution >= 4 is 44.2 Å². The molecule has 0 aliphatic carbocycles. The highest BCUT2D eigenvalue weighted by Gasteiger charge is 2.20. The second kappa shape index (κ2) is 7.66. The van der Waals surface area contributed by atoms with Gasteiger partial charge in [-0.25, -0.2) is 9.97 Å². The predicted molar refractivity (Wildman–Crippen MR) is 114 cm³/mol. The summed E-state index contributed by atoms with van der Waals surface area (Å²) < 4.78 is 8.74. The Hall–Kier alpha value is -2.22. The highest BCUT2D eigenvalue weighted by atomic mass is 32.2. The summed E-state index contributed by atoms with van der Waals surface area (Å²) in [4.78, 5) is 22.6. The minimum Gasteiger partial charge on any atom is -0.376 e. The van der Waals surface area contributed by atoms with Crippen molar-refractivity contribution < 1.29 is 4.74 Å². The van der Waals surface area contributed by atoms with Gasteiger partial charge in [0.05, 0.1) is 39.5 Å². The van der Waals surface area contributed by atoms with Crippen LogP contribution in [0.2, 0.25) is 0 Å². The average molecular weight is 410 g/mol. The normalized spacial score (nSPS) is 16.9. The Balaban J connectivity index is 1.49. The van der Waals surface area contributed by atoms with E-state index in [0.717, 1.165) is 40.6 Å². The fourth-order valence-electron chi connectivity index (χ4n) is 3.52. The molecule has 0 bridgehead atoms. The summed E-state index contributed by atoms with van der Waals surface area (Å²) >= 11 is 3.26. The lowest BCUT2D eigenvalue weighted by Crippen LogP contribution is -2.28. The zero-order valence-electron chi connectivity index (χ0n) is 15.2. The highest BCUT2D eigenvalue weighted by molar-refractivity contribution is 7.98. The molecule has 1 aliphatic rings. The molecular formula is C21H19N3O2S2. The van der Waals surface area contributed by atoms with Crippen LogP contribution in [-0.2, 0) is 17.0 Å². The lowest BCUT2D eigenvalue weighted by Gasteiger charge is -2.16. The van der Waals surface area contributed by atoms with Crippen LogP contribution < -0.4 is 5.56 Å². The quantitative estimate of drug-likeness (QED) is 0.359. The number of benzene rings is 2. The number of aromatic nitrogens is 3. The maximum Gasteiger partial charge on any atom is 0.262 e. The minimum atomic E-state index is 0.00731. The molecule has 1 aliphatic heterocycles. The van der Waals surface area contributed by atoms with Gasteiger partial charge in [0.25, 0.3) is 5.56 Å². The smallest absolute Gasteiger partial charge is 0.262 e. The Morgan fingerprint density at radius 2 is 1.93 bits per heavy atom. The Bertz CT molecular complexity index is 1160. The van der Waals surface area contributed by atoms with E-state index in [4.69, 9.17) is 14.7 Å². The molecule has 0 N–H and O–H groups in total. The van der Waals surface area contributed by atoms with E-state index in [1.54, 1.807) is 27.7 Å². The van der Waals surface area contributed by atoms with E-state index < -0.39 is 0 Å². The maximum absolute atomic E-state index is 13.1. The third kappa shape index (κ3) is 3.45. The van der Waals surface area contributed by atoms with Crippen molar-refractivity contribution in [2.45, 2.75) is 36.4 Å². The molecule has 5 nitrogen and oxygen atoms in total. The zero-order chi connectivity index (χ0) is 18.9. The number of hydrogen-bond acceptors (Lipinski definition) is 6. The monoisotopic (exact) mass is 409 g/mol. The molecule has 1 unspecified atom stereocenters. The van der Waals surface area contributed by atoms with Crippen LogP contribution in [0.1, 0.15) is 17.8 Å². The van der Waals surface area contributed by atoms with Gasteiger partial charge in [0.15, 0.2) is 5.16 Å². The van der Waals surface area contributed by atoms with E-state index in [2.05, 4.69) is 6.07 Å². The molecule has 1 atom stereocenters. The van der Waals surface area contributed by atoms with Gasteiger partial charge in [0.2, 0.25) is 0 Å². The van der Waals surface area contributed by atoms with Crippen molar-refractivity contribution in [3.63, 3.8) is 0 Å². The lowest BCUT2D eigenvalue weighted by molar-refractivity contribution is 0.0937. The van der Waals surface area contributed by atoms with Crippen LogP contribution in [-0.4, -0.2) is 27.2 Å². The molecule has 1 fully saturated rings. The number of ether oxygens (including phenoxy) is 1. The fraction of sp³-hybridized carbons (Fsp3) is 0.286. The summed E-state index contributed by atoms with van der Waals surface area (Å²) in [6.07, 6.45) is 2.12. The molecule has 1 saturated heterocycles. The zero-order valence-corrected chi connectivity index (χ0v) is 16.8. The van der Waals surface area contributed by atoms with Crippen molar-refractivity contribution in [1.29, 1.82) is 0 Å².